The first-order valence-corrected chi connectivity index (χ1v) is 7.36. The molecule has 1 N–H and O–H groups in total. The van der Waals surface area contributed by atoms with E-state index in [1.165, 1.54) is 41.3 Å². The third-order valence-corrected chi connectivity index (χ3v) is 4.59. The van der Waals surface area contributed by atoms with E-state index in [9.17, 15) is 0 Å². The molecule has 2 aromatic rings. The smallest absolute Gasteiger partial charge is 0.0512 e. The van der Waals surface area contributed by atoms with Crippen molar-refractivity contribution in [3.8, 4) is 0 Å². The van der Waals surface area contributed by atoms with E-state index in [1.54, 1.807) is 11.3 Å². The van der Waals surface area contributed by atoms with Gasteiger partial charge in [0.1, 0.15) is 0 Å². The molecule has 0 spiro atoms. The summed E-state index contributed by atoms with van der Waals surface area (Å²) in [7, 11) is 4.31. The number of hydrogen-bond donors (Lipinski definition) is 1. The lowest BCUT2D eigenvalue weighted by Crippen LogP contribution is -2.22. The van der Waals surface area contributed by atoms with Crippen LogP contribution in [-0.2, 0) is 13.5 Å². The second-order valence-corrected chi connectivity index (χ2v) is 6.05. The number of likely N-dealkylation sites (N-methyl/N-ethyl adjacent to an activating group) is 1. The highest BCUT2D eigenvalue weighted by atomic mass is 15.0. The first-order chi connectivity index (χ1) is 9.13. The molecule has 1 aromatic heterocycles. The van der Waals surface area contributed by atoms with Crippen LogP contribution in [0.2, 0.25) is 0 Å². The van der Waals surface area contributed by atoms with Crippen LogP contribution in [0.3, 0.4) is 0 Å². The SMILES string of the molecule is CNCC1CCCc2c1n(C)c1c(C)cc(C)cc21. The van der Waals surface area contributed by atoms with E-state index in [1.807, 2.05) is 0 Å². The zero-order valence-corrected chi connectivity index (χ0v) is 12.5. The lowest BCUT2D eigenvalue weighted by Gasteiger charge is -2.24. The van der Waals surface area contributed by atoms with Crippen LogP contribution in [0.5, 0.6) is 0 Å². The summed E-state index contributed by atoms with van der Waals surface area (Å²) in [4.78, 5) is 0. The van der Waals surface area contributed by atoms with Gasteiger partial charge in [0.05, 0.1) is 5.52 Å². The average Bonchev–Trinajstić information content (AvgIpc) is 2.64. The van der Waals surface area contributed by atoms with Crippen LogP contribution >= 0.6 is 0 Å². The third kappa shape index (κ3) is 1.90. The Morgan fingerprint density at radius 3 is 2.84 bits per heavy atom. The normalized spacial score (nSPS) is 18.8. The molecule has 3 rings (SSSR count). The van der Waals surface area contributed by atoms with Gasteiger partial charge in [-0.15, -0.1) is 0 Å². The summed E-state index contributed by atoms with van der Waals surface area (Å²) in [6.07, 6.45) is 3.89. The molecule has 0 bridgehead atoms. The average molecular weight is 256 g/mol. The van der Waals surface area contributed by atoms with Crippen molar-refractivity contribution in [1.29, 1.82) is 0 Å². The molecule has 0 aliphatic heterocycles. The first kappa shape index (κ1) is 12.7. The van der Waals surface area contributed by atoms with Gasteiger partial charge in [-0.2, -0.15) is 0 Å². The van der Waals surface area contributed by atoms with E-state index in [-0.39, 0.29) is 0 Å². The molecule has 19 heavy (non-hydrogen) atoms. The van der Waals surface area contributed by atoms with Gasteiger partial charge in [-0.3, -0.25) is 0 Å². The molecule has 0 amide bonds. The quantitative estimate of drug-likeness (QED) is 0.871. The molecule has 1 atom stereocenters. The maximum atomic E-state index is 3.36. The zero-order chi connectivity index (χ0) is 13.6. The van der Waals surface area contributed by atoms with Crippen molar-refractivity contribution in [2.75, 3.05) is 13.6 Å². The zero-order valence-electron chi connectivity index (χ0n) is 12.5. The van der Waals surface area contributed by atoms with Crippen LogP contribution in [-0.4, -0.2) is 18.2 Å². The summed E-state index contributed by atoms with van der Waals surface area (Å²) in [5.74, 6) is 0.672. The maximum Gasteiger partial charge on any atom is 0.0512 e. The molecule has 0 fully saturated rings. The highest BCUT2D eigenvalue weighted by Crippen LogP contribution is 2.39. The summed E-state index contributed by atoms with van der Waals surface area (Å²) >= 11 is 0. The third-order valence-electron chi connectivity index (χ3n) is 4.59. The minimum atomic E-state index is 0.672. The van der Waals surface area contributed by atoms with Gasteiger partial charge in [0.15, 0.2) is 0 Å². The monoisotopic (exact) mass is 256 g/mol. The van der Waals surface area contributed by atoms with Gasteiger partial charge in [0, 0.05) is 30.6 Å². The summed E-state index contributed by atoms with van der Waals surface area (Å²) < 4.78 is 2.46. The lowest BCUT2D eigenvalue weighted by molar-refractivity contribution is 0.506. The van der Waals surface area contributed by atoms with Gasteiger partial charge in [0.2, 0.25) is 0 Å². The van der Waals surface area contributed by atoms with Crippen LogP contribution in [0.4, 0.5) is 0 Å². The van der Waals surface area contributed by atoms with Crippen LogP contribution < -0.4 is 5.32 Å². The number of hydrogen-bond acceptors (Lipinski definition) is 1. The van der Waals surface area contributed by atoms with E-state index < -0.39 is 0 Å². The molecule has 0 saturated heterocycles. The topological polar surface area (TPSA) is 17.0 Å². The number of benzene rings is 1. The standard InChI is InChI=1S/C17H24N2/c1-11-8-12(2)16-15(9-11)14-7-5-6-13(10-18-3)17(14)19(16)4/h8-9,13,18H,5-7,10H2,1-4H3. The molecule has 1 unspecified atom stereocenters. The van der Waals surface area contributed by atoms with Crippen molar-refractivity contribution in [3.05, 3.63) is 34.5 Å². The Balaban J connectivity index is 2.29. The number of nitrogens with zero attached hydrogens (tertiary/aromatic N) is 1. The van der Waals surface area contributed by atoms with E-state index in [4.69, 9.17) is 0 Å². The molecule has 2 nitrogen and oxygen atoms in total. The fourth-order valence-electron chi connectivity index (χ4n) is 3.99. The number of nitrogens with one attached hydrogen (secondary N) is 1. The van der Waals surface area contributed by atoms with Crippen molar-refractivity contribution in [2.24, 2.45) is 7.05 Å². The molecule has 1 aromatic carbocycles. The van der Waals surface area contributed by atoms with Gasteiger partial charge in [-0.05, 0) is 57.4 Å². The number of aryl methyl sites for hydroxylation is 4. The van der Waals surface area contributed by atoms with E-state index in [0.717, 1.165) is 6.54 Å². The number of rotatable bonds is 2. The van der Waals surface area contributed by atoms with E-state index in [2.05, 4.69) is 50.0 Å². The Labute approximate surface area is 115 Å². The van der Waals surface area contributed by atoms with Gasteiger partial charge >= 0.3 is 0 Å². The molecule has 2 heteroatoms. The summed E-state index contributed by atoms with van der Waals surface area (Å²) in [6, 6.07) is 4.68. The molecule has 1 heterocycles. The van der Waals surface area contributed by atoms with Crippen molar-refractivity contribution < 1.29 is 0 Å². The first-order valence-electron chi connectivity index (χ1n) is 7.36. The Morgan fingerprint density at radius 2 is 2.11 bits per heavy atom. The largest absolute Gasteiger partial charge is 0.347 e. The Hall–Kier alpha value is -1.28. The molecular weight excluding hydrogens is 232 g/mol. The fourth-order valence-corrected chi connectivity index (χ4v) is 3.99. The maximum absolute atomic E-state index is 3.36. The molecule has 0 radical (unpaired) electrons. The Bertz CT molecular complexity index is 622. The predicted octanol–water partition coefficient (Wildman–Crippen LogP) is 3.43. The molecule has 1 aliphatic carbocycles. The van der Waals surface area contributed by atoms with Gasteiger partial charge in [0.25, 0.3) is 0 Å². The highest BCUT2D eigenvalue weighted by molar-refractivity contribution is 5.89. The minimum Gasteiger partial charge on any atom is -0.347 e. The molecule has 0 saturated carbocycles. The summed E-state index contributed by atoms with van der Waals surface area (Å²) in [6.45, 7) is 5.54. The second-order valence-electron chi connectivity index (χ2n) is 6.05. The van der Waals surface area contributed by atoms with Crippen molar-refractivity contribution >= 4 is 10.9 Å². The van der Waals surface area contributed by atoms with E-state index in [0.29, 0.717) is 5.92 Å². The fraction of sp³-hybridized carbons (Fsp3) is 0.529. The van der Waals surface area contributed by atoms with Crippen molar-refractivity contribution in [1.82, 2.24) is 9.88 Å². The predicted molar refractivity (Wildman–Crippen MR) is 82.0 cm³/mol. The van der Waals surface area contributed by atoms with Crippen LogP contribution in [0, 0.1) is 13.8 Å². The molecular formula is C17H24N2. The second kappa shape index (κ2) is 4.68. The number of aromatic nitrogens is 1. The lowest BCUT2D eigenvalue weighted by atomic mass is 9.86. The van der Waals surface area contributed by atoms with Crippen LogP contribution in [0.25, 0.3) is 10.9 Å². The van der Waals surface area contributed by atoms with Crippen molar-refractivity contribution in [3.63, 3.8) is 0 Å². The van der Waals surface area contributed by atoms with E-state index >= 15 is 0 Å². The summed E-state index contributed by atoms with van der Waals surface area (Å²) in [5, 5.41) is 4.86. The molecule has 102 valence electrons. The van der Waals surface area contributed by atoms with Crippen molar-refractivity contribution in [2.45, 2.75) is 39.0 Å². The Kier molecular flexibility index (Phi) is 3.14. The number of fused-ring (bicyclic) bond motifs is 3. The van der Waals surface area contributed by atoms with Gasteiger partial charge in [-0.25, -0.2) is 0 Å². The highest BCUT2D eigenvalue weighted by Gasteiger charge is 2.26. The molecule has 1 aliphatic rings. The van der Waals surface area contributed by atoms with Crippen LogP contribution in [0.15, 0.2) is 12.1 Å². The van der Waals surface area contributed by atoms with Gasteiger partial charge in [-0.1, -0.05) is 11.6 Å². The Morgan fingerprint density at radius 1 is 1.32 bits per heavy atom. The van der Waals surface area contributed by atoms with Gasteiger partial charge < -0.3 is 9.88 Å². The minimum absolute atomic E-state index is 0.672. The summed E-state index contributed by atoms with van der Waals surface area (Å²) in [5.41, 5.74) is 7.42. The van der Waals surface area contributed by atoms with Crippen LogP contribution in [0.1, 0.15) is 41.1 Å².